The van der Waals surface area contributed by atoms with Crippen molar-refractivity contribution in [2.75, 3.05) is 19.1 Å². The topological polar surface area (TPSA) is 55.8 Å². The van der Waals surface area contributed by atoms with Gasteiger partial charge in [-0.2, -0.15) is 0 Å². The number of benzene rings is 2. The van der Waals surface area contributed by atoms with Crippen molar-refractivity contribution < 1.29 is 19.1 Å². The van der Waals surface area contributed by atoms with Crippen LogP contribution in [0.1, 0.15) is 18.1 Å². The Morgan fingerprint density at radius 1 is 1.04 bits per heavy atom. The highest BCUT2D eigenvalue weighted by Crippen LogP contribution is 2.38. The van der Waals surface area contributed by atoms with Crippen molar-refractivity contribution in [3.63, 3.8) is 0 Å². The van der Waals surface area contributed by atoms with Crippen LogP contribution >= 0.6 is 11.8 Å². The van der Waals surface area contributed by atoms with E-state index in [-0.39, 0.29) is 11.1 Å². The molecule has 26 heavy (non-hydrogen) atoms. The monoisotopic (exact) mass is 369 g/mol. The fourth-order valence-electron chi connectivity index (χ4n) is 2.80. The average Bonchev–Trinajstić information content (AvgIpc) is 2.94. The number of anilines is 1. The molecule has 0 aliphatic carbocycles. The molecule has 1 fully saturated rings. The van der Waals surface area contributed by atoms with Crippen molar-refractivity contribution in [2.45, 2.75) is 13.3 Å². The standard InChI is InChI=1S/C20H19NO4S/c1-4-14-7-5-6-8-15(14)21-19(22)18(26-20(21)23)12-13-9-10-16(24-2)17(11-13)25-3/h5-12H,4H2,1-3H3/b18-12-. The highest BCUT2D eigenvalue weighted by atomic mass is 32.2. The van der Waals surface area contributed by atoms with Gasteiger partial charge in [0.15, 0.2) is 11.5 Å². The van der Waals surface area contributed by atoms with Crippen molar-refractivity contribution in [3.8, 4) is 11.5 Å². The number of amides is 2. The third-order valence-corrected chi connectivity index (χ3v) is 4.98. The van der Waals surface area contributed by atoms with Crippen LogP contribution in [0.15, 0.2) is 47.4 Å². The summed E-state index contributed by atoms with van der Waals surface area (Å²) in [6.45, 7) is 2.00. The van der Waals surface area contributed by atoms with Crippen LogP contribution < -0.4 is 14.4 Å². The maximum Gasteiger partial charge on any atom is 0.298 e. The molecule has 1 aliphatic rings. The van der Waals surface area contributed by atoms with E-state index >= 15 is 0 Å². The van der Waals surface area contributed by atoms with Crippen molar-refractivity contribution in [1.82, 2.24) is 0 Å². The number of thioether (sulfide) groups is 1. The predicted molar refractivity (Wildman–Crippen MR) is 104 cm³/mol. The first-order valence-corrected chi connectivity index (χ1v) is 8.98. The van der Waals surface area contributed by atoms with Crippen LogP contribution in [0.3, 0.4) is 0 Å². The van der Waals surface area contributed by atoms with Gasteiger partial charge in [-0.25, -0.2) is 4.90 Å². The number of carbonyl (C=O) groups is 2. The fraction of sp³-hybridized carbons (Fsp3) is 0.200. The largest absolute Gasteiger partial charge is 0.493 e. The highest BCUT2D eigenvalue weighted by molar-refractivity contribution is 8.19. The summed E-state index contributed by atoms with van der Waals surface area (Å²) in [5.74, 6) is 0.863. The van der Waals surface area contributed by atoms with Gasteiger partial charge in [-0.15, -0.1) is 0 Å². The average molecular weight is 369 g/mol. The number of imide groups is 1. The van der Waals surface area contributed by atoms with Gasteiger partial charge < -0.3 is 9.47 Å². The Morgan fingerprint density at radius 2 is 1.77 bits per heavy atom. The molecule has 2 aromatic carbocycles. The van der Waals surface area contributed by atoms with E-state index in [1.165, 1.54) is 4.90 Å². The minimum absolute atomic E-state index is 0.289. The zero-order valence-corrected chi connectivity index (χ0v) is 15.6. The third kappa shape index (κ3) is 3.32. The van der Waals surface area contributed by atoms with E-state index in [0.717, 1.165) is 29.3 Å². The number of para-hydroxylation sites is 1. The number of methoxy groups -OCH3 is 2. The van der Waals surface area contributed by atoms with Gasteiger partial charge in [0.1, 0.15) is 0 Å². The van der Waals surface area contributed by atoms with E-state index in [4.69, 9.17) is 9.47 Å². The summed E-state index contributed by atoms with van der Waals surface area (Å²) in [5.41, 5.74) is 2.37. The van der Waals surface area contributed by atoms with Gasteiger partial charge in [-0.05, 0) is 53.6 Å². The molecule has 1 aliphatic heterocycles. The molecular weight excluding hydrogens is 350 g/mol. The molecule has 6 heteroatoms. The van der Waals surface area contributed by atoms with Gasteiger partial charge in [0.05, 0.1) is 24.8 Å². The zero-order valence-electron chi connectivity index (χ0n) is 14.8. The molecule has 2 amide bonds. The Labute approximate surface area is 156 Å². The second-order valence-corrected chi connectivity index (χ2v) is 6.61. The zero-order chi connectivity index (χ0) is 18.7. The van der Waals surface area contributed by atoms with Crippen molar-refractivity contribution in [3.05, 3.63) is 58.5 Å². The first-order valence-electron chi connectivity index (χ1n) is 8.17. The van der Waals surface area contributed by atoms with Crippen LogP contribution in [0.25, 0.3) is 6.08 Å². The number of nitrogens with zero attached hydrogens (tertiary/aromatic N) is 1. The van der Waals surface area contributed by atoms with E-state index in [9.17, 15) is 9.59 Å². The number of ether oxygens (including phenoxy) is 2. The summed E-state index contributed by atoms with van der Waals surface area (Å²) in [5, 5.41) is -0.289. The van der Waals surface area contributed by atoms with Gasteiger partial charge in [0.2, 0.25) is 0 Å². The van der Waals surface area contributed by atoms with Crippen LogP contribution in [-0.4, -0.2) is 25.4 Å². The molecule has 5 nitrogen and oxygen atoms in total. The molecule has 3 rings (SSSR count). The first-order chi connectivity index (χ1) is 12.6. The van der Waals surface area contributed by atoms with Crippen LogP contribution in [0.2, 0.25) is 0 Å². The lowest BCUT2D eigenvalue weighted by molar-refractivity contribution is -0.113. The molecule has 0 radical (unpaired) electrons. The summed E-state index contributed by atoms with van der Waals surface area (Å²) in [7, 11) is 3.12. The molecule has 0 spiro atoms. The van der Waals surface area contributed by atoms with Crippen LogP contribution in [0.4, 0.5) is 10.5 Å². The van der Waals surface area contributed by atoms with Crippen LogP contribution in [0.5, 0.6) is 11.5 Å². The number of hydrogen-bond donors (Lipinski definition) is 0. The summed E-state index contributed by atoms with van der Waals surface area (Å²) in [4.78, 5) is 26.9. The number of carbonyl (C=O) groups excluding carboxylic acids is 2. The van der Waals surface area contributed by atoms with Crippen molar-refractivity contribution in [2.24, 2.45) is 0 Å². The summed E-state index contributed by atoms with van der Waals surface area (Å²) in [6.07, 6.45) is 2.44. The molecule has 2 aromatic rings. The summed E-state index contributed by atoms with van der Waals surface area (Å²) < 4.78 is 10.5. The van der Waals surface area contributed by atoms with Gasteiger partial charge in [-0.1, -0.05) is 31.2 Å². The fourth-order valence-corrected chi connectivity index (χ4v) is 3.63. The first kappa shape index (κ1) is 18.1. The van der Waals surface area contributed by atoms with E-state index in [0.29, 0.717) is 22.1 Å². The molecule has 134 valence electrons. The van der Waals surface area contributed by atoms with Gasteiger partial charge >= 0.3 is 0 Å². The van der Waals surface area contributed by atoms with Crippen LogP contribution in [0, 0.1) is 0 Å². The molecule has 0 unspecified atom stereocenters. The normalized spacial score (nSPS) is 15.7. The number of aryl methyl sites for hydroxylation is 1. The smallest absolute Gasteiger partial charge is 0.298 e. The van der Waals surface area contributed by atoms with Gasteiger partial charge in [-0.3, -0.25) is 9.59 Å². The summed E-state index contributed by atoms with van der Waals surface area (Å²) >= 11 is 0.941. The third-order valence-electron chi connectivity index (χ3n) is 4.11. The summed E-state index contributed by atoms with van der Waals surface area (Å²) in [6, 6.07) is 12.8. The van der Waals surface area contributed by atoms with Crippen LogP contribution in [-0.2, 0) is 11.2 Å². The minimum Gasteiger partial charge on any atom is -0.493 e. The second-order valence-electron chi connectivity index (χ2n) is 5.61. The quantitative estimate of drug-likeness (QED) is 0.726. The van der Waals surface area contributed by atoms with Gasteiger partial charge in [0.25, 0.3) is 11.1 Å². The molecule has 0 bridgehead atoms. The SMILES string of the molecule is CCc1ccccc1N1C(=O)S/C(=C\c2ccc(OC)c(OC)c2)C1=O. The van der Waals surface area contributed by atoms with E-state index in [1.807, 2.05) is 31.2 Å². The molecule has 0 N–H and O–H groups in total. The molecule has 0 aromatic heterocycles. The lowest BCUT2D eigenvalue weighted by atomic mass is 10.1. The van der Waals surface area contributed by atoms with E-state index in [2.05, 4.69) is 0 Å². The Bertz CT molecular complexity index is 891. The number of rotatable bonds is 5. The van der Waals surface area contributed by atoms with Crippen molar-refractivity contribution in [1.29, 1.82) is 0 Å². The minimum atomic E-state index is -0.310. The Hall–Kier alpha value is -2.73. The molecule has 1 saturated heterocycles. The highest BCUT2D eigenvalue weighted by Gasteiger charge is 2.37. The molecule has 1 heterocycles. The predicted octanol–water partition coefficient (Wildman–Crippen LogP) is 4.51. The molecule has 0 saturated carbocycles. The van der Waals surface area contributed by atoms with Crippen molar-refractivity contribution >= 4 is 34.7 Å². The lowest BCUT2D eigenvalue weighted by Gasteiger charge is -2.16. The molecule has 0 atom stereocenters. The lowest BCUT2D eigenvalue weighted by Crippen LogP contribution is -2.28. The maximum absolute atomic E-state index is 12.8. The maximum atomic E-state index is 12.8. The Kier molecular flexibility index (Phi) is 5.32. The number of hydrogen-bond acceptors (Lipinski definition) is 5. The molecular formula is C20H19NO4S. The van der Waals surface area contributed by atoms with E-state index in [1.54, 1.807) is 38.5 Å². The Balaban J connectivity index is 1.95. The van der Waals surface area contributed by atoms with Gasteiger partial charge in [0, 0.05) is 0 Å². The Morgan fingerprint density at radius 3 is 2.46 bits per heavy atom. The van der Waals surface area contributed by atoms with E-state index < -0.39 is 0 Å². The second kappa shape index (κ2) is 7.66.